The zero-order chi connectivity index (χ0) is 27.2. The molecule has 5 aliphatic rings. The predicted molar refractivity (Wildman–Crippen MR) is 145 cm³/mol. The van der Waals surface area contributed by atoms with E-state index in [2.05, 4.69) is 40.7 Å². The number of allylic oxidation sites excluding steroid dienone is 2. The van der Waals surface area contributed by atoms with Gasteiger partial charge in [-0.15, -0.1) is 0 Å². The molecule has 5 rings (SSSR count). The lowest BCUT2D eigenvalue weighted by molar-refractivity contribution is -0.189. The summed E-state index contributed by atoms with van der Waals surface area (Å²) in [5, 5.41) is 11.1. The lowest BCUT2D eigenvalue weighted by Crippen LogP contribution is -2.57. The van der Waals surface area contributed by atoms with Gasteiger partial charge in [-0.3, -0.25) is 4.79 Å². The van der Waals surface area contributed by atoms with Crippen molar-refractivity contribution < 1.29 is 24.1 Å². The molecule has 0 aromatic carbocycles. The van der Waals surface area contributed by atoms with E-state index in [9.17, 15) is 9.90 Å². The maximum Gasteiger partial charge on any atom is 0.160 e. The Bertz CT molecular complexity index is 953. The topological polar surface area (TPSA) is 65.0 Å². The Morgan fingerprint density at radius 3 is 2.43 bits per heavy atom. The van der Waals surface area contributed by atoms with E-state index in [0.29, 0.717) is 23.5 Å². The Kier molecular flexibility index (Phi) is 6.67. The second-order valence-corrected chi connectivity index (χ2v) is 15.0. The van der Waals surface area contributed by atoms with E-state index >= 15 is 0 Å². The number of ether oxygens (including phenoxy) is 3. The van der Waals surface area contributed by atoms with Crippen LogP contribution < -0.4 is 0 Å². The highest BCUT2D eigenvalue weighted by Crippen LogP contribution is 2.73. The fourth-order valence-electron chi connectivity index (χ4n) is 10.3. The van der Waals surface area contributed by atoms with E-state index in [1.165, 1.54) is 25.7 Å². The maximum atomic E-state index is 12.9. The quantitative estimate of drug-likeness (QED) is 0.433. The molecule has 1 heterocycles. The fourth-order valence-corrected chi connectivity index (χ4v) is 10.3. The van der Waals surface area contributed by atoms with Gasteiger partial charge in [0.25, 0.3) is 0 Å². The van der Waals surface area contributed by atoms with Crippen LogP contribution in [0.4, 0.5) is 0 Å². The van der Waals surface area contributed by atoms with Gasteiger partial charge in [0.1, 0.15) is 11.9 Å². The molecule has 5 heteroatoms. The fraction of sp³-hybridized carbons (Fsp3) is 0.906. The summed E-state index contributed by atoms with van der Waals surface area (Å²) in [5.74, 6) is 2.22. The Hall–Kier alpha value is -0.750. The van der Waals surface area contributed by atoms with Gasteiger partial charge in [-0.2, -0.15) is 0 Å². The third kappa shape index (κ3) is 3.73. The Morgan fingerprint density at radius 1 is 1.08 bits per heavy atom. The van der Waals surface area contributed by atoms with E-state index in [1.54, 1.807) is 19.8 Å². The summed E-state index contributed by atoms with van der Waals surface area (Å²) < 4.78 is 17.9. The number of hydrogen-bond donors (Lipinski definition) is 1. The highest BCUT2D eigenvalue weighted by atomic mass is 16.7. The van der Waals surface area contributed by atoms with Crippen LogP contribution in [0.15, 0.2) is 11.6 Å². The molecule has 0 radical (unpaired) electrons. The Balaban J connectivity index is 1.44. The van der Waals surface area contributed by atoms with Gasteiger partial charge in [0.15, 0.2) is 6.29 Å². The third-order valence-electron chi connectivity index (χ3n) is 13.1. The summed E-state index contributed by atoms with van der Waals surface area (Å²) in [6.45, 7) is 15.9. The van der Waals surface area contributed by atoms with Crippen molar-refractivity contribution in [2.75, 3.05) is 14.2 Å². The summed E-state index contributed by atoms with van der Waals surface area (Å²) in [6.07, 6.45) is 9.70. The molecule has 10 atom stereocenters. The highest BCUT2D eigenvalue weighted by Gasteiger charge is 2.66. The average molecular weight is 517 g/mol. The zero-order valence-electron chi connectivity index (χ0n) is 24.9. The van der Waals surface area contributed by atoms with Gasteiger partial charge < -0.3 is 19.3 Å². The lowest BCUT2D eigenvalue weighted by atomic mass is 9.41. The largest absolute Gasteiger partial charge is 0.387 e. The summed E-state index contributed by atoms with van der Waals surface area (Å²) in [6, 6.07) is 0. The summed E-state index contributed by atoms with van der Waals surface area (Å²) in [4.78, 5) is 12.9. The van der Waals surface area contributed by atoms with Crippen LogP contribution in [0.2, 0.25) is 0 Å². The van der Waals surface area contributed by atoms with Gasteiger partial charge >= 0.3 is 0 Å². The number of carbonyl (C=O) groups excluding carboxylic acids is 1. The number of aliphatic hydroxyl groups is 1. The highest BCUT2D eigenvalue weighted by molar-refractivity contribution is 5.85. The standard InChI is InChI=1S/C32H52O5/c1-28(2)24-11-10-22-21(30(24,5)15-14-25(28)33)13-17-31(6)20(12-16-32(22,31)7)19-18-23(37-27(19)35-8)26(34)29(3,4)36-9/h10,19-21,23-24,26-27,34H,11-18H2,1-9H3/t19-,20-,21-,23+,24-,26-,27+,30+,31-,32+/m0/s1. The smallest absolute Gasteiger partial charge is 0.160 e. The minimum Gasteiger partial charge on any atom is -0.387 e. The van der Waals surface area contributed by atoms with Crippen LogP contribution in [0.3, 0.4) is 0 Å². The molecule has 0 amide bonds. The monoisotopic (exact) mass is 516 g/mol. The molecule has 4 aliphatic carbocycles. The molecule has 3 saturated carbocycles. The third-order valence-corrected chi connectivity index (χ3v) is 13.1. The average Bonchev–Trinajstić information content (AvgIpc) is 3.39. The van der Waals surface area contributed by atoms with Crippen molar-refractivity contribution in [1.82, 2.24) is 0 Å². The number of methoxy groups -OCH3 is 2. The molecule has 1 N–H and O–H groups in total. The van der Waals surface area contributed by atoms with Crippen LogP contribution in [-0.4, -0.2) is 49.2 Å². The van der Waals surface area contributed by atoms with Crippen molar-refractivity contribution in [3.05, 3.63) is 11.6 Å². The van der Waals surface area contributed by atoms with Gasteiger partial charge in [0, 0.05) is 32.0 Å². The van der Waals surface area contributed by atoms with E-state index in [4.69, 9.17) is 14.2 Å². The molecule has 37 heavy (non-hydrogen) atoms. The van der Waals surface area contributed by atoms with Crippen molar-refractivity contribution in [3.63, 3.8) is 0 Å². The number of aliphatic hydroxyl groups excluding tert-OH is 1. The molecule has 4 fully saturated rings. The van der Waals surface area contributed by atoms with Crippen molar-refractivity contribution in [2.45, 2.75) is 124 Å². The number of carbonyl (C=O) groups is 1. The van der Waals surface area contributed by atoms with Crippen molar-refractivity contribution in [2.24, 2.45) is 45.3 Å². The minimum absolute atomic E-state index is 0.154. The predicted octanol–water partition coefficient (Wildman–Crippen LogP) is 6.32. The van der Waals surface area contributed by atoms with Gasteiger partial charge in [-0.25, -0.2) is 0 Å². The Morgan fingerprint density at radius 2 is 1.78 bits per heavy atom. The Labute approximate surface area is 225 Å². The maximum absolute atomic E-state index is 12.9. The van der Waals surface area contributed by atoms with Crippen molar-refractivity contribution >= 4 is 5.78 Å². The van der Waals surface area contributed by atoms with E-state index in [0.717, 1.165) is 25.7 Å². The summed E-state index contributed by atoms with van der Waals surface area (Å²) in [5.41, 5.74) is 1.32. The van der Waals surface area contributed by atoms with Gasteiger partial charge in [0.05, 0.1) is 11.7 Å². The molecule has 1 saturated heterocycles. The van der Waals surface area contributed by atoms with Gasteiger partial charge in [-0.05, 0) is 92.8 Å². The van der Waals surface area contributed by atoms with E-state index < -0.39 is 11.7 Å². The molecule has 0 bridgehead atoms. The zero-order valence-corrected chi connectivity index (χ0v) is 24.9. The molecular formula is C32H52O5. The molecule has 0 aromatic rings. The van der Waals surface area contributed by atoms with Crippen LogP contribution in [0.5, 0.6) is 0 Å². The summed E-state index contributed by atoms with van der Waals surface area (Å²) in [7, 11) is 3.40. The number of hydrogen-bond acceptors (Lipinski definition) is 5. The van der Waals surface area contributed by atoms with E-state index in [1.807, 2.05) is 13.8 Å². The second kappa shape index (κ2) is 8.88. The summed E-state index contributed by atoms with van der Waals surface area (Å²) >= 11 is 0. The molecule has 0 unspecified atom stereocenters. The molecule has 0 aromatic heterocycles. The van der Waals surface area contributed by atoms with Crippen LogP contribution in [0.1, 0.15) is 99.8 Å². The number of Topliss-reactive ketones (excluding diaryl/α,β-unsaturated/α-hetero) is 1. The van der Waals surface area contributed by atoms with Crippen molar-refractivity contribution in [1.29, 1.82) is 0 Å². The SMILES string of the molecule is CO[C@@H]1O[C@@H]([C@H](O)C(C)(C)OC)C[C@H]1[C@@H]1CC[C@]2(C)C3=CC[C@H]4C(C)(C)C(=O)CC[C@]4(C)[C@H]3CC[C@@]12C. The van der Waals surface area contributed by atoms with Crippen LogP contribution >= 0.6 is 0 Å². The van der Waals surface area contributed by atoms with Crippen LogP contribution in [0, 0.1) is 45.3 Å². The first-order valence-corrected chi connectivity index (χ1v) is 14.8. The number of rotatable bonds is 5. The lowest BCUT2D eigenvalue weighted by Gasteiger charge is -2.63. The normalized spacial score (nSPS) is 48.2. The van der Waals surface area contributed by atoms with Crippen LogP contribution in [0.25, 0.3) is 0 Å². The van der Waals surface area contributed by atoms with Gasteiger partial charge in [0.2, 0.25) is 0 Å². The first-order valence-electron chi connectivity index (χ1n) is 14.8. The van der Waals surface area contributed by atoms with E-state index in [-0.39, 0.29) is 40.0 Å². The van der Waals surface area contributed by atoms with Crippen LogP contribution in [-0.2, 0) is 19.0 Å². The van der Waals surface area contributed by atoms with Gasteiger partial charge in [-0.1, -0.05) is 46.3 Å². The first-order chi connectivity index (χ1) is 17.2. The number of fused-ring (bicyclic) bond motifs is 5. The molecule has 5 nitrogen and oxygen atoms in total. The molecule has 1 aliphatic heterocycles. The van der Waals surface area contributed by atoms with Crippen molar-refractivity contribution in [3.8, 4) is 0 Å². The minimum atomic E-state index is -0.702. The second-order valence-electron chi connectivity index (χ2n) is 15.0. The number of ketones is 1. The first kappa shape index (κ1) is 27.8. The molecule has 0 spiro atoms. The molecule has 210 valence electrons. The molecular weight excluding hydrogens is 464 g/mol.